The molecule has 2 unspecified atom stereocenters. The molecule has 0 saturated heterocycles. The van der Waals surface area contributed by atoms with E-state index in [0.29, 0.717) is 5.56 Å². The molecule has 1 aromatic rings. The Morgan fingerprint density at radius 2 is 1.52 bits per heavy atom. The monoisotopic (exact) mass is 291 g/mol. The van der Waals surface area contributed by atoms with Gasteiger partial charge in [-0.3, -0.25) is 0 Å². The lowest BCUT2D eigenvalue weighted by Gasteiger charge is -2.28. The fourth-order valence-corrected chi connectivity index (χ4v) is 2.13. The lowest BCUT2D eigenvalue weighted by atomic mass is 9.78. The minimum atomic E-state index is -1.57. The minimum absolute atomic E-state index is 0.0581. The van der Waals surface area contributed by atoms with Crippen LogP contribution in [0, 0.1) is 11.3 Å². The fourth-order valence-electron chi connectivity index (χ4n) is 2.13. The van der Waals surface area contributed by atoms with Crippen molar-refractivity contribution in [2.24, 2.45) is 0 Å². The third-order valence-electron chi connectivity index (χ3n) is 3.56. The highest BCUT2D eigenvalue weighted by atomic mass is 16.3. The molecule has 0 spiro atoms. The number of hydrogen-bond acceptors (Lipinski definition) is 4. The first-order chi connectivity index (χ1) is 9.39. The molecule has 1 rings (SSSR count). The van der Waals surface area contributed by atoms with E-state index >= 15 is 0 Å². The molecule has 21 heavy (non-hydrogen) atoms. The van der Waals surface area contributed by atoms with E-state index in [9.17, 15) is 15.3 Å². The summed E-state index contributed by atoms with van der Waals surface area (Å²) in [5, 5.41) is 38.9. The van der Waals surface area contributed by atoms with E-state index in [1.165, 1.54) is 0 Å². The Morgan fingerprint density at radius 3 is 1.90 bits per heavy atom. The van der Waals surface area contributed by atoms with Crippen LogP contribution in [0.1, 0.15) is 64.3 Å². The topological polar surface area (TPSA) is 84.5 Å². The fraction of sp³-hybridized carbons (Fsp3) is 0.588. The van der Waals surface area contributed by atoms with Gasteiger partial charge in [-0.2, -0.15) is 5.26 Å². The van der Waals surface area contributed by atoms with Gasteiger partial charge in [-0.1, -0.05) is 47.6 Å². The SMILES string of the molecule is CC(C)(C)c1cc(C(O)C(O)C#N)c(O)c(C(C)(C)C)c1. The molecule has 0 aliphatic heterocycles. The molecule has 0 aromatic heterocycles. The lowest BCUT2D eigenvalue weighted by molar-refractivity contribution is 0.0508. The molecule has 116 valence electrons. The van der Waals surface area contributed by atoms with Gasteiger partial charge in [0.1, 0.15) is 11.9 Å². The maximum Gasteiger partial charge on any atom is 0.170 e. The van der Waals surface area contributed by atoms with Crippen LogP contribution in [0.15, 0.2) is 12.1 Å². The van der Waals surface area contributed by atoms with Gasteiger partial charge in [-0.25, -0.2) is 0 Å². The number of phenolic OH excluding ortho intramolecular Hbond substituents is 1. The lowest BCUT2D eigenvalue weighted by Crippen LogP contribution is -2.21. The van der Waals surface area contributed by atoms with Gasteiger partial charge in [-0.15, -0.1) is 0 Å². The van der Waals surface area contributed by atoms with Gasteiger partial charge in [0.15, 0.2) is 6.10 Å². The number of nitriles is 1. The summed E-state index contributed by atoms with van der Waals surface area (Å²) in [4.78, 5) is 0. The van der Waals surface area contributed by atoms with Crippen molar-refractivity contribution in [2.75, 3.05) is 0 Å². The maximum absolute atomic E-state index is 10.4. The van der Waals surface area contributed by atoms with Gasteiger partial charge in [0, 0.05) is 5.56 Å². The molecule has 0 bridgehead atoms. The van der Waals surface area contributed by atoms with Crippen LogP contribution >= 0.6 is 0 Å². The normalized spacial score (nSPS) is 15.4. The predicted octanol–water partition coefficient (Wildman–Crippen LogP) is 2.91. The molecule has 0 amide bonds. The molecule has 0 aliphatic rings. The largest absolute Gasteiger partial charge is 0.507 e. The van der Waals surface area contributed by atoms with Crippen LogP contribution in [0.2, 0.25) is 0 Å². The summed E-state index contributed by atoms with van der Waals surface area (Å²) in [6, 6.07) is 5.18. The van der Waals surface area contributed by atoms with E-state index in [0.717, 1.165) is 5.56 Å². The number of hydrogen-bond donors (Lipinski definition) is 3. The van der Waals surface area contributed by atoms with Crippen molar-refractivity contribution in [3.63, 3.8) is 0 Å². The summed E-state index contributed by atoms with van der Waals surface area (Å²) < 4.78 is 0. The highest BCUT2D eigenvalue weighted by Crippen LogP contribution is 2.40. The van der Waals surface area contributed by atoms with Crippen molar-refractivity contribution in [1.82, 2.24) is 0 Å². The van der Waals surface area contributed by atoms with Gasteiger partial charge in [0.05, 0.1) is 6.07 Å². The molecular weight excluding hydrogens is 266 g/mol. The van der Waals surface area contributed by atoms with E-state index in [4.69, 9.17) is 5.26 Å². The molecule has 0 radical (unpaired) electrons. The van der Waals surface area contributed by atoms with Crippen LogP contribution in [0.3, 0.4) is 0 Å². The molecule has 0 saturated carbocycles. The quantitative estimate of drug-likeness (QED) is 0.731. The van der Waals surface area contributed by atoms with Crippen LogP contribution in [0.4, 0.5) is 0 Å². The molecule has 2 atom stereocenters. The van der Waals surface area contributed by atoms with Gasteiger partial charge in [-0.05, 0) is 28.0 Å². The highest BCUT2D eigenvalue weighted by Gasteiger charge is 2.29. The van der Waals surface area contributed by atoms with Crippen molar-refractivity contribution < 1.29 is 15.3 Å². The van der Waals surface area contributed by atoms with Crippen LogP contribution in [0.5, 0.6) is 5.75 Å². The number of aliphatic hydroxyl groups excluding tert-OH is 2. The van der Waals surface area contributed by atoms with Crippen LogP contribution in [0.25, 0.3) is 0 Å². The van der Waals surface area contributed by atoms with E-state index in [1.54, 1.807) is 12.1 Å². The van der Waals surface area contributed by atoms with Gasteiger partial charge in [0.2, 0.25) is 0 Å². The second kappa shape index (κ2) is 5.67. The van der Waals surface area contributed by atoms with Crippen molar-refractivity contribution in [1.29, 1.82) is 5.26 Å². The summed E-state index contributed by atoms with van der Waals surface area (Å²) in [6.45, 7) is 12.0. The van der Waals surface area contributed by atoms with Crippen LogP contribution in [-0.2, 0) is 10.8 Å². The first-order valence-corrected chi connectivity index (χ1v) is 7.03. The average molecular weight is 291 g/mol. The van der Waals surface area contributed by atoms with Crippen molar-refractivity contribution in [3.8, 4) is 11.8 Å². The van der Waals surface area contributed by atoms with Crippen molar-refractivity contribution in [2.45, 2.75) is 64.6 Å². The minimum Gasteiger partial charge on any atom is -0.507 e. The maximum atomic E-state index is 10.4. The zero-order valence-corrected chi connectivity index (χ0v) is 13.6. The second-order valence-corrected chi connectivity index (χ2v) is 7.48. The Balaban J connectivity index is 3.61. The number of nitrogens with zero attached hydrogens (tertiary/aromatic N) is 1. The van der Waals surface area contributed by atoms with Crippen LogP contribution < -0.4 is 0 Å². The predicted molar refractivity (Wildman–Crippen MR) is 82.1 cm³/mol. The number of phenols is 1. The molecule has 0 fully saturated rings. The van der Waals surface area contributed by atoms with Gasteiger partial charge in [0.25, 0.3) is 0 Å². The Hall–Kier alpha value is -1.57. The number of rotatable bonds is 2. The third kappa shape index (κ3) is 3.75. The van der Waals surface area contributed by atoms with Crippen LogP contribution in [-0.4, -0.2) is 21.4 Å². The average Bonchev–Trinajstić information content (AvgIpc) is 2.34. The first-order valence-electron chi connectivity index (χ1n) is 7.03. The number of benzene rings is 1. The Morgan fingerprint density at radius 1 is 1.00 bits per heavy atom. The smallest absolute Gasteiger partial charge is 0.170 e. The Labute approximate surface area is 126 Å². The number of aliphatic hydroxyl groups is 2. The summed E-state index contributed by atoms with van der Waals surface area (Å²) >= 11 is 0. The molecule has 4 nitrogen and oxygen atoms in total. The zero-order chi connectivity index (χ0) is 16.6. The second-order valence-electron chi connectivity index (χ2n) is 7.48. The van der Waals surface area contributed by atoms with Gasteiger partial charge >= 0.3 is 0 Å². The van der Waals surface area contributed by atoms with Crippen molar-refractivity contribution in [3.05, 3.63) is 28.8 Å². The highest BCUT2D eigenvalue weighted by molar-refractivity contribution is 5.50. The van der Waals surface area contributed by atoms with E-state index in [-0.39, 0.29) is 22.1 Å². The van der Waals surface area contributed by atoms with Gasteiger partial charge < -0.3 is 15.3 Å². The summed E-state index contributed by atoms with van der Waals surface area (Å²) in [5.41, 5.74) is 1.32. The van der Waals surface area contributed by atoms with Crippen molar-refractivity contribution >= 4 is 0 Å². The summed E-state index contributed by atoms with van der Waals surface area (Å²) in [5.74, 6) is -0.0581. The Kier molecular flexibility index (Phi) is 4.72. The van der Waals surface area contributed by atoms with E-state index < -0.39 is 12.2 Å². The molecule has 3 N–H and O–H groups in total. The molecule has 0 aliphatic carbocycles. The molecule has 1 aromatic carbocycles. The molecule has 4 heteroatoms. The Bertz CT molecular complexity index is 559. The zero-order valence-electron chi connectivity index (χ0n) is 13.6. The molecule has 0 heterocycles. The third-order valence-corrected chi connectivity index (χ3v) is 3.56. The number of aromatic hydroxyl groups is 1. The standard InChI is InChI=1S/C17H25NO3/c1-16(2,3)10-7-11(15(21)13(19)9-18)14(20)12(8-10)17(4,5)6/h7-8,13,15,19-21H,1-6H3. The summed E-state index contributed by atoms with van der Waals surface area (Å²) in [7, 11) is 0. The van der Waals surface area contributed by atoms with E-state index in [2.05, 4.69) is 0 Å². The summed E-state index contributed by atoms with van der Waals surface area (Å²) in [6.07, 6.45) is -3.00. The van der Waals surface area contributed by atoms with E-state index in [1.807, 2.05) is 47.6 Å². The first kappa shape index (κ1) is 17.5. The molecular formula is C17H25NO3.